The van der Waals surface area contributed by atoms with Crippen LogP contribution >= 0.6 is 24.1 Å². The van der Waals surface area contributed by atoms with Gasteiger partial charge >= 0.3 is 0 Å². The summed E-state index contributed by atoms with van der Waals surface area (Å²) in [5.41, 5.74) is 4.48. The van der Waals surface area contributed by atoms with Crippen LogP contribution < -0.4 is 31.9 Å². The lowest BCUT2D eigenvalue weighted by atomic mass is 10.1. The van der Waals surface area contributed by atoms with Crippen LogP contribution in [0.25, 0.3) is 0 Å². The van der Waals surface area contributed by atoms with Crippen LogP contribution in [0.5, 0.6) is 0 Å². The van der Waals surface area contributed by atoms with Crippen LogP contribution in [-0.2, 0) is 44.9 Å². The average Bonchev–Trinajstić information content (AvgIpc) is 3.25. The van der Waals surface area contributed by atoms with Crippen molar-refractivity contribution in [2.75, 3.05) is 35.2 Å². The predicted molar refractivity (Wildman–Crippen MR) is 216 cm³/mol. The zero-order valence-corrected chi connectivity index (χ0v) is 32.9. The summed E-state index contributed by atoms with van der Waals surface area (Å²) in [6.07, 6.45) is 2.96. The van der Waals surface area contributed by atoms with Gasteiger partial charge in [0.05, 0.1) is 0 Å². The molecule has 0 fully saturated rings. The maximum Gasteiger partial charge on any atom is 0.270 e. The molecule has 308 valence electrons. The van der Waals surface area contributed by atoms with Crippen molar-refractivity contribution in [3.05, 3.63) is 118 Å². The van der Waals surface area contributed by atoms with E-state index in [1.165, 1.54) is 0 Å². The molecule has 18 nitrogen and oxygen atoms in total. The lowest BCUT2D eigenvalue weighted by Crippen LogP contribution is -2.28. The number of hydrogen-bond acceptors (Lipinski definition) is 16. The molecule has 2 aromatic heterocycles. The predicted octanol–water partition coefficient (Wildman–Crippen LogP) is 5.03. The highest BCUT2D eigenvalue weighted by molar-refractivity contribution is 7.94. The van der Waals surface area contributed by atoms with E-state index in [1.807, 2.05) is 48.5 Å². The normalized spacial score (nSPS) is 13.7. The summed E-state index contributed by atoms with van der Waals surface area (Å²) in [6, 6.07) is 20.9. The highest BCUT2D eigenvalue weighted by Crippen LogP contribution is 2.17. The number of pyridine rings is 2. The minimum Gasteiger partial charge on any atom is -0.385 e. The van der Waals surface area contributed by atoms with Gasteiger partial charge in [0.15, 0.2) is 0 Å². The second-order valence-corrected chi connectivity index (χ2v) is 14.4. The Kier molecular flexibility index (Phi) is 18.0. The van der Waals surface area contributed by atoms with E-state index in [0.29, 0.717) is 36.0 Å². The van der Waals surface area contributed by atoms with Crippen LogP contribution in [0.2, 0.25) is 0 Å². The first-order valence-electron chi connectivity index (χ1n) is 18.3. The van der Waals surface area contributed by atoms with E-state index in [9.17, 15) is 19.2 Å². The Bertz CT molecular complexity index is 1720. The fraction of sp³-hybridized carbons (Fsp3) is 0.316. The number of nitrogens with zero attached hydrogens (tertiary/aromatic N) is 2. The summed E-state index contributed by atoms with van der Waals surface area (Å²) in [6.45, 7) is 1.79. The zero-order chi connectivity index (χ0) is 41.0. The van der Waals surface area contributed by atoms with Crippen molar-refractivity contribution in [3.63, 3.8) is 0 Å². The molecule has 0 atom stereocenters. The Hall–Kier alpha value is -5.32. The molecule has 4 aliphatic heterocycles. The fourth-order valence-corrected chi connectivity index (χ4v) is 6.39. The third-order valence-electron chi connectivity index (χ3n) is 8.56. The Morgan fingerprint density at radius 1 is 0.500 bits per heavy atom. The summed E-state index contributed by atoms with van der Waals surface area (Å²) in [4.78, 5) is 62.2. The van der Waals surface area contributed by atoms with Crippen molar-refractivity contribution < 1.29 is 48.4 Å². The minimum atomic E-state index is -0.471. The minimum absolute atomic E-state index is 0.0568. The molecule has 4 aliphatic rings. The first-order chi connectivity index (χ1) is 28.3. The molecular formula is C38H44N8O10S2. The van der Waals surface area contributed by atoms with E-state index in [0.717, 1.165) is 72.0 Å². The third-order valence-corrected chi connectivity index (χ3v) is 9.79. The van der Waals surface area contributed by atoms with Crippen molar-refractivity contribution >= 4 is 59.1 Å². The Morgan fingerprint density at radius 3 is 1.07 bits per heavy atom. The van der Waals surface area contributed by atoms with Crippen molar-refractivity contribution in [1.82, 2.24) is 31.2 Å². The number of anilines is 2. The number of rotatable bonds is 16. The number of amides is 4. The van der Waals surface area contributed by atoms with Gasteiger partial charge in [0.1, 0.15) is 22.8 Å². The van der Waals surface area contributed by atoms with Crippen LogP contribution in [-0.4, -0.2) is 68.7 Å². The van der Waals surface area contributed by atoms with Crippen molar-refractivity contribution in [3.8, 4) is 0 Å². The van der Waals surface area contributed by atoms with Crippen LogP contribution in [0.1, 0.15) is 89.9 Å². The van der Waals surface area contributed by atoms with Crippen LogP contribution in [0.15, 0.2) is 72.8 Å². The third kappa shape index (κ3) is 14.6. The van der Waals surface area contributed by atoms with Gasteiger partial charge in [0.25, 0.3) is 23.6 Å². The second kappa shape index (κ2) is 23.8. The van der Waals surface area contributed by atoms with Crippen LogP contribution in [0.3, 0.4) is 0 Å². The van der Waals surface area contributed by atoms with Gasteiger partial charge in [-0.1, -0.05) is 58.6 Å². The van der Waals surface area contributed by atoms with Crippen molar-refractivity contribution in [1.29, 1.82) is 0 Å². The van der Waals surface area contributed by atoms with Gasteiger partial charge in [0.2, 0.25) is 0 Å². The van der Waals surface area contributed by atoms with Gasteiger partial charge < -0.3 is 31.9 Å². The molecule has 6 heterocycles. The van der Waals surface area contributed by atoms with Crippen LogP contribution in [0, 0.1) is 0 Å². The molecule has 0 spiro atoms. The number of benzene rings is 2. The molecule has 0 radical (unpaired) electrons. The van der Waals surface area contributed by atoms with Crippen molar-refractivity contribution in [2.24, 2.45) is 0 Å². The van der Waals surface area contributed by atoms with Gasteiger partial charge in [-0.2, -0.15) is 0 Å². The zero-order valence-electron chi connectivity index (χ0n) is 31.3. The van der Waals surface area contributed by atoms with E-state index in [-0.39, 0.29) is 49.0 Å². The summed E-state index contributed by atoms with van der Waals surface area (Å²) in [7, 11) is 0. The maximum absolute atomic E-state index is 13.4. The number of carbonyl (C=O) groups is 4. The largest absolute Gasteiger partial charge is 0.385 e. The summed E-state index contributed by atoms with van der Waals surface area (Å²) >= 11 is 1.94. The van der Waals surface area contributed by atoms with Crippen molar-refractivity contribution in [2.45, 2.75) is 51.9 Å². The first-order valence-corrected chi connectivity index (χ1v) is 20.1. The van der Waals surface area contributed by atoms with Gasteiger partial charge in [-0.25, -0.2) is 20.5 Å². The second-order valence-electron chi connectivity index (χ2n) is 12.8. The Labute approximate surface area is 342 Å². The molecule has 0 unspecified atom stereocenters. The van der Waals surface area contributed by atoms with E-state index in [2.05, 4.69) is 60.6 Å². The van der Waals surface area contributed by atoms with Gasteiger partial charge in [-0.3, -0.25) is 19.2 Å². The quantitative estimate of drug-likeness (QED) is 0.0319. The van der Waals surface area contributed by atoms with Gasteiger partial charge in [-0.05, 0) is 72.2 Å². The molecule has 4 amide bonds. The molecule has 8 rings (SSSR count). The van der Waals surface area contributed by atoms with E-state index >= 15 is 0 Å². The fourth-order valence-electron chi connectivity index (χ4n) is 5.52. The number of carbonyl (C=O) groups excluding carboxylic acids is 4. The number of unbranched alkanes of at least 4 members (excludes halogenated alkanes) is 2. The monoisotopic (exact) mass is 836 g/mol. The van der Waals surface area contributed by atoms with Gasteiger partial charge in [-0.15, -0.1) is 8.67 Å². The van der Waals surface area contributed by atoms with Crippen LogP contribution in [0.4, 0.5) is 11.4 Å². The molecule has 58 heavy (non-hydrogen) atoms. The molecule has 4 aromatic rings. The molecule has 0 saturated carbocycles. The topological polar surface area (TPSA) is 244 Å². The number of hydrogen-bond donors (Lipinski definition) is 8. The van der Waals surface area contributed by atoms with E-state index in [4.69, 9.17) is 10.5 Å². The highest BCUT2D eigenvalue weighted by atomic mass is 32.2. The Morgan fingerprint density at radius 2 is 0.793 bits per heavy atom. The molecule has 2 aromatic carbocycles. The van der Waals surface area contributed by atoms with E-state index < -0.39 is 23.6 Å². The molecule has 8 bridgehead atoms. The Balaban J connectivity index is 1.32. The summed E-state index contributed by atoms with van der Waals surface area (Å²) in [5, 5.41) is 41.7. The molecular weight excluding hydrogens is 793 g/mol. The lowest BCUT2D eigenvalue weighted by Gasteiger charge is -2.13. The maximum atomic E-state index is 13.4. The SMILES string of the molecule is O=C1NCc2ccc(cc2)CNC(=O)c2cc(NCCCCSOOO)cc(n2)C(=O)NCc2ccc(cc2)CNC(=O)c2cc(NCCCCSOOO)cc1n2. The molecule has 20 heteroatoms. The summed E-state index contributed by atoms with van der Waals surface area (Å²) < 4.78 is 8.78. The number of aromatic nitrogens is 2. The highest BCUT2D eigenvalue weighted by Gasteiger charge is 2.18. The molecule has 8 N–H and O–H groups in total. The standard InChI is InChI=1S/C38H44N8O10S2/c47-35-31-17-29(39-13-1-3-15-57-55-53-51)18-32(45-31)36(48)42-22-26-7-11-28(12-8-26)24-44-38(50)34-20-30(40-14-2-4-16-58-56-54-52)19-33(46-34)37(49)43-23-27-9-5-25(6-10-27)21-41-35/h5-12,17-20,51-52H,1-4,13-16,21-24H2,(H,39,45)(H,40,46)(H,41,47)(H,42,48)(H,43,49)(H,44,50). The number of nitrogens with one attached hydrogen (secondary N) is 6. The first kappa shape index (κ1) is 43.8. The van der Waals surface area contributed by atoms with Gasteiger partial charge in [0, 0.05) is 86.2 Å². The molecule has 0 saturated heterocycles. The molecule has 0 aliphatic carbocycles. The summed E-state index contributed by atoms with van der Waals surface area (Å²) in [5.74, 6) is -0.720. The lowest BCUT2D eigenvalue weighted by molar-refractivity contribution is -0.432. The average molecular weight is 837 g/mol. The smallest absolute Gasteiger partial charge is 0.270 e. The van der Waals surface area contributed by atoms with E-state index in [1.54, 1.807) is 24.3 Å².